The Hall–Kier alpha value is -3.53. The number of aromatic nitrogens is 2. The lowest BCUT2D eigenvalue weighted by molar-refractivity contribution is -0.144. The first-order valence-corrected chi connectivity index (χ1v) is 12.2. The van der Waals surface area contributed by atoms with Gasteiger partial charge in [-0.3, -0.25) is 14.3 Å². The molecule has 0 aliphatic heterocycles. The molecule has 1 amide bonds. The molecule has 8 nitrogen and oxygen atoms in total. The molecule has 0 radical (unpaired) electrons. The van der Waals surface area contributed by atoms with Gasteiger partial charge >= 0.3 is 5.97 Å². The Morgan fingerprint density at radius 2 is 1.68 bits per heavy atom. The summed E-state index contributed by atoms with van der Waals surface area (Å²) in [6.45, 7) is 5.05. The molecule has 0 saturated carbocycles. The first-order valence-electron chi connectivity index (χ1n) is 10.6. The van der Waals surface area contributed by atoms with Crippen molar-refractivity contribution in [3.63, 3.8) is 0 Å². The van der Waals surface area contributed by atoms with E-state index in [4.69, 9.17) is 4.74 Å². The molecule has 2 aromatic carbocycles. The fraction of sp³-hybridized carbons (Fsp3) is 0.292. The predicted molar refractivity (Wildman–Crippen MR) is 124 cm³/mol. The van der Waals surface area contributed by atoms with E-state index >= 15 is 0 Å². The number of aryl methyl sites for hydroxylation is 1. The minimum absolute atomic E-state index is 0.00828. The molecule has 1 unspecified atom stereocenters. The number of nitrogens with zero attached hydrogens (tertiary/aromatic N) is 2. The summed E-state index contributed by atoms with van der Waals surface area (Å²) >= 11 is 0. The summed E-state index contributed by atoms with van der Waals surface area (Å²) < 4.78 is 44.4. The van der Waals surface area contributed by atoms with Crippen LogP contribution in [0, 0.1) is 5.82 Å². The Morgan fingerprint density at radius 1 is 1.06 bits per heavy atom. The number of nitrogens with one attached hydrogen (secondary N) is 1. The molecule has 10 heteroatoms. The Kier molecular flexibility index (Phi) is 7.51. The molecule has 0 aliphatic rings. The topological polar surface area (TPSA) is 107 Å². The number of hydrogen-bond donors (Lipinski definition) is 1. The molecule has 0 bridgehead atoms. The summed E-state index contributed by atoms with van der Waals surface area (Å²) in [5, 5.41) is 7.18. The average molecular weight is 488 g/mol. The number of carbonyl (C=O) groups excluding carboxylic acids is 2. The molecule has 180 valence electrons. The lowest BCUT2D eigenvalue weighted by Gasteiger charge is -2.15. The van der Waals surface area contributed by atoms with Gasteiger partial charge in [-0.2, -0.15) is 5.10 Å². The Labute approximate surface area is 197 Å². The van der Waals surface area contributed by atoms with Gasteiger partial charge in [-0.15, -0.1) is 0 Å². The molecule has 0 aliphatic carbocycles. The second kappa shape index (κ2) is 10.2. The molecule has 1 heterocycles. The Morgan fingerprint density at radius 3 is 2.26 bits per heavy atom. The normalized spacial score (nSPS) is 12.4. The maximum atomic E-state index is 13.2. The molecule has 3 rings (SSSR count). The Bertz CT molecular complexity index is 1280. The molecule has 0 spiro atoms. The van der Waals surface area contributed by atoms with E-state index in [1.54, 1.807) is 58.2 Å². The second-order valence-electron chi connectivity index (χ2n) is 8.11. The SMILES string of the molecule is CC(C)OC(=O)CS(=O)(=O)c1ccc(C(C)NC(=O)c2cc(-c3ccc(F)cc3)nn2C)cc1. The molecular formula is C24H26FN3O5S. The van der Waals surface area contributed by atoms with Crippen LogP contribution in [0.2, 0.25) is 0 Å². The van der Waals surface area contributed by atoms with Crippen molar-refractivity contribution in [2.75, 3.05) is 5.75 Å². The zero-order valence-corrected chi connectivity index (χ0v) is 20.1. The first kappa shape index (κ1) is 25.1. The van der Waals surface area contributed by atoms with E-state index in [1.807, 2.05) is 0 Å². The summed E-state index contributed by atoms with van der Waals surface area (Å²) in [6, 6.07) is 12.9. The number of rotatable bonds is 8. The van der Waals surface area contributed by atoms with Gasteiger partial charge in [0, 0.05) is 12.6 Å². The molecule has 0 saturated heterocycles. The highest BCUT2D eigenvalue weighted by molar-refractivity contribution is 7.92. The fourth-order valence-corrected chi connectivity index (χ4v) is 4.39. The van der Waals surface area contributed by atoms with E-state index in [0.29, 0.717) is 22.5 Å². The molecular weight excluding hydrogens is 461 g/mol. The van der Waals surface area contributed by atoms with Crippen molar-refractivity contribution in [3.8, 4) is 11.3 Å². The standard InChI is InChI=1S/C24H26FN3O5S/c1-15(2)33-23(29)14-34(31,32)20-11-7-17(8-12-20)16(3)26-24(30)22-13-21(27-28(22)4)18-5-9-19(25)10-6-18/h5-13,15-16H,14H2,1-4H3,(H,26,30). The maximum absolute atomic E-state index is 13.2. The van der Waals surface area contributed by atoms with Crippen molar-refractivity contribution < 1.29 is 27.1 Å². The van der Waals surface area contributed by atoms with Crippen LogP contribution in [0.4, 0.5) is 4.39 Å². The van der Waals surface area contributed by atoms with Crippen LogP contribution in [0.25, 0.3) is 11.3 Å². The third kappa shape index (κ3) is 6.07. The van der Waals surface area contributed by atoms with Crippen molar-refractivity contribution >= 4 is 21.7 Å². The van der Waals surface area contributed by atoms with Gasteiger partial charge in [0.1, 0.15) is 11.5 Å². The highest BCUT2D eigenvalue weighted by Gasteiger charge is 2.22. The third-order valence-electron chi connectivity index (χ3n) is 5.01. The molecule has 34 heavy (non-hydrogen) atoms. The van der Waals surface area contributed by atoms with E-state index in [-0.39, 0.29) is 16.6 Å². The summed E-state index contributed by atoms with van der Waals surface area (Å²) in [7, 11) is -2.21. The molecule has 3 aromatic rings. The monoisotopic (exact) mass is 487 g/mol. The van der Waals surface area contributed by atoms with Crippen molar-refractivity contribution in [3.05, 3.63) is 71.7 Å². The average Bonchev–Trinajstić information content (AvgIpc) is 3.15. The van der Waals surface area contributed by atoms with Gasteiger partial charge in [0.05, 0.1) is 22.7 Å². The number of ether oxygens (including phenoxy) is 1. The van der Waals surface area contributed by atoms with E-state index in [9.17, 15) is 22.4 Å². The highest BCUT2D eigenvalue weighted by atomic mass is 32.2. The number of halogens is 1. The highest BCUT2D eigenvalue weighted by Crippen LogP contribution is 2.21. The van der Waals surface area contributed by atoms with Gasteiger partial charge in [-0.1, -0.05) is 12.1 Å². The summed E-state index contributed by atoms with van der Waals surface area (Å²) in [6.07, 6.45) is -0.402. The van der Waals surface area contributed by atoms with E-state index in [0.717, 1.165) is 0 Å². The maximum Gasteiger partial charge on any atom is 0.321 e. The van der Waals surface area contributed by atoms with Gasteiger partial charge in [0.15, 0.2) is 15.6 Å². The first-order chi connectivity index (χ1) is 16.0. The largest absolute Gasteiger partial charge is 0.462 e. The number of hydrogen-bond acceptors (Lipinski definition) is 6. The van der Waals surface area contributed by atoms with Crippen LogP contribution in [-0.2, 0) is 26.4 Å². The molecule has 0 fully saturated rings. The van der Waals surface area contributed by atoms with Gasteiger partial charge in [-0.25, -0.2) is 12.8 Å². The van der Waals surface area contributed by atoms with Crippen LogP contribution >= 0.6 is 0 Å². The van der Waals surface area contributed by atoms with E-state index in [2.05, 4.69) is 10.4 Å². The molecule has 1 aromatic heterocycles. The van der Waals surface area contributed by atoms with Crippen LogP contribution in [-0.4, -0.2) is 41.9 Å². The fourth-order valence-electron chi connectivity index (χ4n) is 3.29. The van der Waals surface area contributed by atoms with Gasteiger partial charge < -0.3 is 10.1 Å². The van der Waals surface area contributed by atoms with Crippen molar-refractivity contribution in [1.82, 2.24) is 15.1 Å². The molecule has 1 atom stereocenters. The van der Waals surface area contributed by atoms with Crippen molar-refractivity contribution in [2.45, 2.75) is 37.8 Å². The molecule has 1 N–H and O–H groups in total. The van der Waals surface area contributed by atoms with Gasteiger partial charge in [0.2, 0.25) is 0 Å². The number of amides is 1. The lowest BCUT2D eigenvalue weighted by atomic mass is 10.1. The minimum atomic E-state index is -3.84. The smallest absolute Gasteiger partial charge is 0.321 e. The lowest BCUT2D eigenvalue weighted by Crippen LogP contribution is -2.28. The van der Waals surface area contributed by atoms with Gasteiger partial charge in [0.25, 0.3) is 5.91 Å². The Balaban J connectivity index is 1.69. The van der Waals surface area contributed by atoms with Crippen LogP contribution in [0.15, 0.2) is 59.5 Å². The quantitative estimate of drug-likeness (QED) is 0.488. The summed E-state index contributed by atoms with van der Waals surface area (Å²) in [5.41, 5.74) is 2.20. The number of esters is 1. The zero-order valence-electron chi connectivity index (χ0n) is 19.3. The van der Waals surface area contributed by atoms with Crippen molar-refractivity contribution in [1.29, 1.82) is 0 Å². The third-order valence-corrected chi connectivity index (χ3v) is 6.62. The van der Waals surface area contributed by atoms with E-state index < -0.39 is 33.7 Å². The zero-order chi connectivity index (χ0) is 25.0. The summed E-state index contributed by atoms with van der Waals surface area (Å²) in [5.74, 6) is -2.28. The summed E-state index contributed by atoms with van der Waals surface area (Å²) in [4.78, 5) is 24.5. The van der Waals surface area contributed by atoms with Crippen LogP contribution in [0.5, 0.6) is 0 Å². The number of sulfone groups is 1. The predicted octanol–water partition coefficient (Wildman–Crippen LogP) is 3.44. The van der Waals surface area contributed by atoms with Crippen LogP contribution in [0.1, 0.15) is 42.9 Å². The van der Waals surface area contributed by atoms with Crippen LogP contribution in [0.3, 0.4) is 0 Å². The van der Waals surface area contributed by atoms with E-state index in [1.165, 1.54) is 28.9 Å². The minimum Gasteiger partial charge on any atom is -0.462 e. The second-order valence-corrected chi connectivity index (χ2v) is 10.1. The van der Waals surface area contributed by atoms with Gasteiger partial charge in [-0.05, 0) is 68.8 Å². The number of benzene rings is 2. The van der Waals surface area contributed by atoms with Crippen molar-refractivity contribution in [2.24, 2.45) is 7.05 Å². The van der Waals surface area contributed by atoms with Crippen LogP contribution < -0.4 is 5.32 Å². The number of carbonyl (C=O) groups is 2.